The van der Waals surface area contributed by atoms with Crippen LogP contribution < -0.4 is 5.32 Å². The zero-order valence-electron chi connectivity index (χ0n) is 14.9. The van der Waals surface area contributed by atoms with E-state index >= 15 is 0 Å². The van der Waals surface area contributed by atoms with Gasteiger partial charge in [0.2, 0.25) is 0 Å². The molecule has 1 saturated heterocycles. The van der Waals surface area contributed by atoms with Gasteiger partial charge in [0.05, 0.1) is 5.60 Å². The monoisotopic (exact) mass is 323 g/mol. The lowest BCUT2D eigenvalue weighted by Crippen LogP contribution is -2.57. The average molecular weight is 323 g/mol. The number of piperidine rings is 1. The van der Waals surface area contributed by atoms with Crippen molar-refractivity contribution in [3.63, 3.8) is 0 Å². The summed E-state index contributed by atoms with van der Waals surface area (Å²) in [5, 5.41) is 15.5. The molecule has 1 aliphatic rings. The van der Waals surface area contributed by atoms with Gasteiger partial charge in [-0.3, -0.25) is 0 Å². The summed E-state index contributed by atoms with van der Waals surface area (Å²) in [7, 11) is 0. The lowest BCUT2D eigenvalue weighted by atomic mass is 9.64. The Balaban J connectivity index is 2.02. The summed E-state index contributed by atoms with van der Waals surface area (Å²) < 4.78 is 0. The zero-order valence-corrected chi connectivity index (χ0v) is 14.9. The zero-order chi connectivity index (χ0) is 17.2. The molecule has 2 aromatic rings. The molecule has 0 radical (unpaired) electrons. The summed E-state index contributed by atoms with van der Waals surface area (Å²) >= 11 is 0. The van der Waals surface area contributed by atoms with Gasteiger partial charge in [0, 0.05) is 23.9 Å². The molecule has 2 heteroatoms. The first-order valence-electron chi connectivity index (χ1n) is 9.16. The first-order chi connectivity index (χ1) is 11.6. The van der Waals surface area contributed by atoms with Crippen molar-refractivity contribution in [1.29, 1.82) is 0 Å². The molecule has 0 spiro atoms. The van der Waals surface area contributed by atoms with E-state index in [2.05, 4.69) is 74.6 Å². The van der Waals surface area contributed by atoms with Gasteiger partial charge in [0.1, 0.15) is 0 Å². The standard InChI is InChI=1S/C22H29NO/c1-4-15-22(24)16(2)20(18-11-7-5-8-12-18)23-21(17(22)3)19-13-9-6-10-14-19/h5-14,16-17,20-21,23-24H,4,15H2,1-3H3/t16-,17-,20-,21+,22?/m1/s1. The molecule has 24 heavy (non-hydrogen) atoms. The minimum Gasteiger partial charge on any atom is -0.389 e. The number of rotatable bonds is 4. The van der Waals surface area contributed by atoms with Gasteiger partial charge >= 0.3 is 0 Å². The Hall–Kier alpha value is -1.64. The molecular formula is C22H29NO. The molecule has 0 aliphatic carbocycles. The van der Waals surface area contributed by atoms with E-state index in [9.17, 15) is 5.11 Å². The lowest BCUT2D eigenvalue weighted by Gasteiger charge is -2.52. The van der Waals surface area contributed by atoms with E-state index in [1.807, 2.05) is 12.1 Å². The number of benzene rings is 2. The molecule has 2 N–H and O–H groups in total. The second-order valence-electron chi connectivity index (χ2n) is 7.26. The largest absolute Gasteiger partial charge is 0.389 e. The van der Waals surface area contributed by atoms with Gasteiger partial charge in [-0.2, -0.15) is 0 Å². The van der Waals surface area contributed by atoms with Gasteiger partial charge in [0.25, 0.3) is 0 Å². The maximum atomic E-state index is 11.6. The third-order valence-corrected chi connectivity index (χ3v) is 5.90. The normalized spacial score (nSPS) is 33.3. The number of hydrogen-bond donors (Lipinski definition) is 2. The van der Waals surface area contributed by atoms with Crippen molar-refractivity contribution in [2.45, 2.75) is 51.3 Å². The Bertz CT molecular complexity index is 588. The predicted octanol–water partition coefficient (Wildman–Crippen LogP) is 4.88. The highest BCUT2D eigenvalue weighted by molar-refractivity contribution is 5.27. The Morgan fingerprint density at radius 1 is 0.833 bits per heavy atom. The Kier molecular flexibility index (Phi) is 5.07. The fourth-order valence-corrected chi connectivity index (χ4v) is 4.42. The molecule has 1 aliphatic heterocycles. The fourth-order valence-electron chi connectivity index (χ4n) is 4.42. The molecule has 128 valence electrons. The van der Waals surface area contributed by atoms with Crippen LogP contribution in [0.2, 0.25) is 0 Å². The predicted molar refractivity (Wildman–Crippen MR) is 99.7 cm³/mol. The SMILES string of the molecule is CCCC1(O)[C@H](C)[C@@H](c2ccccc2)N[C@@H](c2ccccc2)[C@H]1C. The van der Waals surface area contributed by atoms with Gasteiger partial charge in [0.15, 0.2) is 0 Å². The van der Waals surface area contributed by atoms with E-state index < -0.39 is 5.60 Å². The average Bonchev–Trinajstić information content (AvgIpc) is 2.62. The second-order valence-corrected chi connectivity index (χ2v) is 7.26. The van der Waals surface area contributed by atoms with E-state index in [1.165, 1.54) is 11.1 Å². The third-order valence-electron chi connectivity index (χ3n) is 5.90. The Labute approximate surface area is 145 Å². The van der Waals surface area contributed by atoms with E-state index in [0.29, 0.717) is 0 Å². The molecule has 1 heterocycles. The molecule has 3 rings (SSSR count). The summed E-state index contributed by atoms with van der Waals surface area (Å²) in [6.45, 7) is 6.55. The molecule has 0 amide bonds. The highest BCUT2D eigenvalue weighted by Crippen LogP contribution is 2.48. The first-order valence-corrected chi connectivity index (χ1v) is 9.16. The molecule has 2 nitrogen and oxygen atoms in total. The summed E-state index contributed by atoms with van der Waals surface area (Å²) in [6, 6.07) is 21.4. The van der Waals surface area contributed by atoms with E-state index in [-0.39, 0.29) is 23.9 Å². The van der Waals surface area contributed by atoms with Crippen LogP contribution in [0.5, 0.6) is 0 Å². The summed E-state index contributed by atoms with van der Waals surface area (Å²) in [5.74, 6) is 0.324. The smallest absolute Gasteiger partial charge is 0.0734 e. The van der Waals surface area contributed by atoms with Crippen LogP contribution in [0.15, 0.2) is 60.7 Å². The molecule has 0 saturated carbocycles. The summed E-state index contributed by atoms with van der Waals surface area (Å²) in [6.07, 6.45) is 1.83. The van der Waals surface area contributed by atoms with Crippen LogP contribution in [-0.2, 0) is 0 Å². The third kappa shape index (κ3) is 3.01. The van der Waals surface area contributed by atoms with Crippen molar-refractivity contribution < 1.29 is 5.11 Å². The summed E-state index contributed by atoms with van der Waals surface area (Å²) in [5.41, 5.74) is 1.85. The van der Waals surface area contributed by atoms with Crippen LogP contribution in [0.25, 0.3) is 0 Å². The number of aliphatic hydroxyl groups is 1. The molecule has 2 aromatic carbocycles. The molecule has 1 unspecified atom stereocenters. The molecule has 5 atom stereocenters. The van der Waals surface area contributed by atoms with Crippen LogP contribution in [0.3, 0.4) is 0 Å². The van der Waals surface area contributed by atoms with Gasteiger partial charge in [-0.25, -0.2) is 0 Å². The van der Waals surface area contributed by atoms with Crippen LogP contribution in [-0.4, -0.2) is 10.7 Å². The van der Waals surface area contributed by atoms with Crippen LogP contribution >= 0.6 is 0 Å². The van der Waals surface area contributed by atoms with Crippen molar-refractivity contribution in [2.75, 3.05) is 0 Å². The first kappa shape index (κ1) is 17.2. The highest BCUT2D eigenvalue weighted by atomic mass is 16.3. The highest BCUT2D eigenvalue weighted by Gasteiger charge is 2.50. The Morgan fingerprint density at radius 2 is 1.25 bits per heavy atom. The number of hydrogen-bond acceptors (Lipinski definition) is 2. The van der Waals surface area contributed by atoms with Gasteiger partial charge in [-0.15, -0.1) is 0 Å². The van der Waals surface area contributed by atoms with Gasteiger partial charge in [-0.05, 0) is 17.5 Å². The van der Waals surface area contributed by atoms with Crippen LogP contribution in [0.1, 0.15) is 56.8 Å². The molecule has 0 aromatic heterocycles. The fraction of sp³-hybridized carbons (Fsp3) is 0.455. The van der Waals surface area contributed by atoms with Crippen LogP contribution in [0, 0.1) is 11.8 Å². The topological polar surface area (TPSA) is 32.3 Å². The van der Waals surface area contributed by atoms with Gasteiger partial charge in [-0.1, -0.05) is 87.9 Å². The van der Waals surface area contributed by atoms with Gasteiger partial charge < -0.3 is 10.4 Å². The van der Waals surface area contributed by atoms with Crippen molar-refractivity contribution >= 4 is 0 Å². The molecule has 0 bridgehead atoms. The van der Waals surface area contributed by atoms with E-state index in [1.54, 1.807) is 0 Å². The van der Waals surface area contributed by atoms with Crippen molar-refractivity contribution in [1.82, 2.24) is 5.32 Å². The van der Waals surface area contributed by atoms with Crippen molar-refractivity contribution in [2.24, 2.45) is 11.8 Å². The molecule has 1 fully saturated rings. The Morgan fingerprint density at radius 3 is 1.62 bits per heavy atom. The number of nitrogens with one attached hydrogen (secondary N) is 1. The van der Waals surface area contributed by atoms with E-state index in [4.69, 9.17) is 0 Å². The maximum absolute atomic E-state index is 11.6. The maximum Gasteiger partial charge on any atom is 0.0734 e. The van der Waals surface area contributed by atoms with E-state index in [0.717, 1.165) is 12.8 Å². The minimum atomic E-state index is -0.666. The second kappa shape index (κ2) is 7.08. The minimum absolute atomic E-state index is 0.157. The van der Waals surface area contributed by atoms with Crippen LogP contribution in [0.4, 0.5) is 0 Å². The van der Waals surface area contributed by atoms with Crippen molar-refractivity contribution in [3.8, 4) is 0 Å². The van der Waals surface area contributed by atoms with Crippen molar-refractivity contribution in [3.05, 3.63) is 71.8 Å². The lowest BCUT2D eigenvalue weighted by molar-refractivity contribution is -0.116. The molecular weight excluding hydrogens is 294 g/mol. The quantitative estimate of drug-likeness (QED) is 0.841. The summed E-state index contributed by atoms with van der Waals surface area (Å²) in [4.78, 5) is 0.